The molecule has 27 heavy (non-hydrogen) atoms. The predicted octanol–water partition coefficient (Wildman–Crippen LogP) is 3.47. The fourth-order valence-electron chi connectivity index (χ4n) is 3.53. The first-order chi connectivity index (χ1) is 13.1. The molecule has 4 rings (SSSR count). The Balaban J connectivity index is 1.42. The lowest BCUT2D eigenvalue weighted by molar-refractivity contribution is -0.125. The van der Waals surface area contributed by atoms with Crippen LogP contribution in [0.5, 0.6) is 5.75 Å². The van der Waals surface area contributed by atoms with E-state index < -0.39 is 5.25 Å². The van der Waals surface area contributed by atoms with Crippen molar-refractivity contribution in [2.24, 2.45) is 0 Å². The number of imide groups is 1. The number of fused-ring (bicyclic) bond motifs is 1. The standard InChI is InChI=1S/C20H23N3O3S/c1-22-19(24)18(27-20(22)25)15-11-14-5-6-16(12-17(14)21-13-15)26-10-9-23-7-3-2-4-8-23/h5-6,11-13,18H,2-4,7-10H2,1H3. The minimum Gasteiger partial charge on any atom is -0.492 e. The van der Waals surface area contributed by atoms with Crippen molar-refractivity contribution >= 4 is 33.8 Å². The number of carbonyl (C=O) groups excluding carboxylic acids is 2. The van der Waals surface area contributed by atoms with Gasteiger partial charge in [0, 0.05) is 31.2 Å². The van der Waals surface area contributed by atoms with Crippen LogP contribution in [-0.2, 0) is 4.79 Å². The van der Waals surface area contributed by atoms with E-state index in [1.165, 1.54) is 44.3 Å². The molecule has 2 saturated heterocycles. The van der Waals surface area contributed by atoms with Crippen molar-refractivity contribution in [1.82, 2.24) is 14.8 Å². The topological polar surface area (TPSA) is 62.7 Å². The molecule has 0 spiro atoms. The third-order valence-corrected chi connectivity index (χ3v) is 6.34. The Hall–Kier alpha value is -2.12. The molecule has 142 valence electrons. The molecule has 2 aliphatic rings. The van der Waals surface area contributed by atoms with Crippen LogP contribution in [0, 0.1) is 0 Å². The summed E-state index contributed by atoms with van der Waals surface area (Å²) in [6.45, 7) is 3.96. The predicted molar refractivity (Wildman–Crippen MR) is 106 cm³/mol. The minimum absolute atomic E-state index is 0.191. The third-order valence-electron chi connectivity index (χ3n) is 5.15. The van der Waals surface area contributed by atoms with Crippen molar-refractivity contribution in [2.75, 3.05) is 33.3 Å². The molecule has 0 N–H and O–H groups in total. The molecule has 1 aromatic carbocycles. The van der Waals surface area contributed by atoms with E-state index in [0.717, 1.165) is 40.5 Å². The summed E-state index contributed by atoms with van der Waals surface area (Å²) in [5, 5.41) is 0.216. The molecule has 2 fully saturated rings. The van der Waals surface area contributed by atoms with Gasteiger partial charge in [-0.3, -0.25) is 24.4 Å². The number of nitrogens with zero attached hydrogens (tertiary/aromatic N) is 3. The van der Waals surface area contributed by atoms with Crippen molar-refractivity contribution in [3.05, 3.63) is 36.0 Å². The van der Waals surface area contributed by atoms with Crippen LogP contribution >= 0.6 is 11.8 Å². The van der Waals surface area contributed by atoms with Crippen LogP contribution < -0.4 is 4.74 Å². The number of pyridine rings is 1. The maximum Gasteiger partial charge on any atom is 0.289 e. The van der Waals surface area contributed by atoms with Gasteiger partial charge in [0.2, 0.25) is 5.91 Å². The molecule has 0 aliphatic carbocycles. The SMILES string of the molecule is CN1C(=O)SC(c2cnc3cc(OCCN4CCCCC4)ccc3c2)C1=O. The van der Waals surface area contributed by atoms with Crippen LogP contribution in [0.2, 0.25) is 0 Å². The lowest BCUT2D eigenvalue weighted by atomic mass is 10.1. The smallest absolute Gasteiger partial charge is 0.289 e. The number of likely N-dealkylation sites (tertiary alicyclic amines) is 1. The molecule has 3 heterocycles. The van der Waals surface area contributed by atoms with Gasteiger partial charge in [0.05, 0.1) is 5.52 Å². The minimum atomic E-state index is -0.500. The number of piperidine rings is 1. The van der Waals surface area contributed by atoms with E-state index in [9.17, 15) is 9.59 Å². The number of hydrogen-bond donors (Lipinski definition) is 0. The quantitative estimate of drug-likeness (QED) is 0.785. The lowest BCUT2D eigenvalue weighted by Crippen LogP contribution is -2.33. The summed E-state index contributed by atoms with van der Waals surface area (Å²) in [4.78, 5) is 32.0. The van der Waals surface area contributed by atoms with Crippen LogP contribution in [0.4, 0.5) is 4.79 Å². The van der Waals surface area contributed by atoms with Crippen molar-refractivity contribution < 1.29 is 14.3 Å². The summed E-state index contributed by atoms with van der Waals surface area (Å²) < 4.78 is 5.90. The van der Waals surface area contributed by atoms with Crippen LogP contribution in [0.1, 0.15) is 30.1 Å². The Morgan fingerprint density at radius 2 is 2.00 bits per heavy atom. The van der Waals surface area contributed by atoms with Crippen LogP contribution in [-0.4, -0.2) is 59.2 Å². The second-order valence-electron chi connectivity index (χ2n) is 7.03. The maximum atomic E-state index is 12.2. The van der Waals surface area contributed by atoms with E-state index in [-0.39, 0.29) is 11.1 Å². The monoisotopic (exact) mass is 385 g/mol. The number of benzene rings is 1. The number of aromatic nitrogens is 1. The molecule has 0 saturated carbocycles. The van der Waals surface area contributed by atoms with Crippen molar-refractivity contribution in [3.63, 3.8) is 0 Å². The molecule has 1 unspecified atom stereocenters. The fraction of sp³-hybridized carbons (Fsp3) is 0.450. The van der Waals surface area contributed by atoms with Gasteiger partial charge < -0.3 is 4.74 Å². The fourth-order valence-corrected chi connectivity index (χ4v) is 4.51. The molecule has 2 aromatic rings. The Morgan fingerprint density at radius 3 is 2.74 bits per heavy atom. The van der Waals surface area contributed by atoms with Gasteiger partial charge in [-0.05, 0) is 61.5 Å². The highest BCUT2D eigenvalue weighted by molar-refractivity contribution is 8.14. The number of ether oxygens (including phenoxy) is 1. The number of thioether (sulfide) groups is 1. The summed E-state index contributed by atoms with van der Waals surface area (Å²) in [5.74, 6) is 0.616. The van der Waals surface area contributed by atoms with E-state index in [2.05, 4.69) is 9.88 Å². The first-order valence-corrected chi connectivity index (χ1v) is 10.2. The van der Waals surface area contributed by atoms with Gasteiger partial charge >= 0.3 is 0 Å². The number of hydrogen-bond acceptors (Lipinski definition) is 6. The highest BCUT2D eigenvalue weighted by Crippen LogP contribution is 2.39. The number of amides is 2. The van der Waals surface area contributed by atoms with Gasteiger partial charge in [0.15, 0.2) is 0 Å². The van der Waals surface area contributed by atoms with E-state index in [4.69, 9.17) is 4.74 Å². The van der Waals surface area contributed by atoms with Crippen molar-refractivity contribution in [2.45, 2.75) is 24.5 Å². The van der Waals surface area contributed by atoms with E-state index in [1.54, 1.807) is 6.20 Å². The zero-order valence-electron chi connectivity index (χ0n) is 15.4. The van der Waals surface area contributed by atoms with Gasteiger partial charge in [-0.25, -0.2) is 0 Å². The molecular formula is C20H23N3O3S. The zero-order valence-corrected chi connectivity index (χ0v) is 16.2. The molecule has 1 atom stereocenters. The summed E-state index contributed by atoms with van der Waals surface area (Å²) >= 11 is 1.04. The first kappa shape index (κ1) is 18.3. The van der Waals surface area contributed by atoms with Gasteiger partial charge in [0.1, 0.15) is 17.6 Å². The van der Waals surface area contributed by atoms with Crippen LogP contribution in [0.15, 0.2) is 30.5 Å². The molecule has 1 aromatic heterocycles. The molecule has 7 heteroatoms. The highest BCUT2D eigenvalue weighted by Gasteiger charge is 2.38. The number of carbonyl (C=O) groups is 2. The normalized spacial score (nSPS) is 21.2. The Labute approximate surface area is 162 Å². The number of likely N-dealkylation sites (N-methyl/N-ethyl adjacent to an activating group) is 1. The number of rotatable bonds is 5. The second kappa shape index (κ2) is 7.86. The van der Waals surface area contributed by atoms with Gasteiger partial charge in [0.25, 0.3) is 5.24 Å². The Kier molecular flexibility index (Phi) is 5.31. The Bertz CT molecular complexity index is 867. The van der Waals surface area contributed by atoms with Gasteiger partial charge in [-0.2, -0.15) is 0 Å². The molecule has 6 nitrogen and oxygen atoms in total. The molecule has 0 radical (unpaired) electrons. The van der Waals surface area contributed by atoms with Crippen LogP contribution in [0.3, 0.4) is 0 Å². The van der Waals surface area contributed by atoms with E-state index in [1.807, 2.05) is 24.3 Å². The summed E-state index contributed by atoms with van der Waals surface area (Å²) in [6, 6.07) is 7.75. The molecule has 0 bridgehead atoms. The van der Waals surface area contributed by atoms with E-state index >= 15 is 0 Å². The molecule has 2 aliphatic heterocycles. The lowest BCUT2D eigenvalue weighted by Gasteiger charge is -2.26. The molecule has 2 amide bonds. The Morgan fingerprint density at radius 1 is 1.19 bits per heavy atom. The average molecular weight is 385 g/mol. The van der Waals surface area contributed by atoms with Crippen molar-refractivity contribution in [1.29, 1.82) is 0 Å². The molecular weight excluding hydrogens is 362 g/mol. The zero-order chi connectivity index (χ0) is 18.8. The second-order valence-corrected chi connectivity index (χ2v) is 8.09. The van der Waals surface area contributed by atoms with Crippen LogP contribution in [0.25, 0.3) is 10.9 Å². The van der Waals surface area contributed by atoms with E-state index in [0.29, 0.717) is 6.61 Å². The third kappa shape index (κ3) is 3.94. The van der Waals surface area contributed by atoms with Gasteiger partial charge in [-0.1, -0.05) is 6.42 Å². The highest BCUT2D eigenvalue weighted by atomic mass is 32.2. The average Bonchev–Trinajstić information content (AvgIpc) is 2.96. The largest absolute Gasteiger partial charge is 0.492 e. The first-order valence-electron chi connectivity index (χ1n) is 9.35. The summed E-state index contributed by atoms with van der Waals surface area (Å²) in [6.07, 6.45) is 5.59. The maximum absolute atomic E-state index is 12.2. The van der Waals surface area contributed by atoms with Gasteiger partial charge in [-0.15, -0.1) is 0 Å². The summed E-state index contributed by atoms with van der Waals surface area (Å²) in [7, 11) is 1.51. The summed E-state index contributed by atoms with van der Waals surface area (Å²) in [5.41, 5.74) is 1.58. The van der Waals surface area contributed by atoms with Crippen molar-refractivity contribution in [3.8, 4) is 5.75 Å².